The van der Waals surface area contributed by atoms with Crippen molar-refractivity contribution in [3.8, 4) is 0 Å². The molecule has 1 N–H and O–H groups in total. The van der Waals surface area contributed by atoms with Crippen LogP contribution in [0.4, 0.5) is 0 Å². The summed E-state index contributed by atoms with van der Waals surface area (Å²) < 4.78 is 0. The van der Waals surface area contributed by atoms with E-state index in [0.29, 0.717) is 12.5 Å². The summed E-state index contributed by atoms with van der Waals surface area (Å²) in [4.78, 5) is 17.3. The fraction of sp³-hybridized carbons (Fsp3) is 0.714. The average Bonchev–Trinajstić information content (AvgIpc) is 2.56. The number of carbonyl (C=O) groups is 1. The quantitative estimate of drug-likeness (QED) is 0.614. The predicted molar refractivity (Wildman–Crippen MR) is 72.8 cm³/mol. The Bertz CT molecular complexity index is 362. The van der Waals surface area contributed by atoms with Crippen molar-refractivity contribution in [3.63, 3.8) is 0 Å². The molecule has 0 saturated carbocycles. The van der Waals surface area contributed by atoms with Crippen LogP contribution in [0, 0.1) is 12.5 Å². The maximum Gasteiger partial charge on any atom is 0.280 e. The number of nitrogens with zero attached hydrogens (tertiary/aromatic N) is 2. The number of hydrogen-bond donors (Lipinski definition) is 1. The first-order chi connectivity index (χ1) is 8.31. The van der Waals surface area contributed by atoms with Gasteiger partial charge < -0.3 is 5.32 Å². The molecule has 18 heavy (non-hydrogen) atoms. The zero-order valence-corrected chi connectivity index (χ0v) is 11.7. The van der Waals surface area contributed by atoms with E-state index in [0.717, 1.165) is 13.0 Å². The van der Waals surface area contributed by atoms with E-state index < -0.39 is 0 Å². The first kappa shape index (κ1) is 14.7. The standard InChI is InChI=1S/C14H23N3O/c1-11-9-12(15-5)17(10-11)8-6-7-13(18)16-14(2,3)4/h6-7,11-12H,8-10H2,1-4H3,(H,16,18)/b7-6+. The molecule has 1 rings (SSSR count). The van der Waals surface area contributed by atoms with Gasteiger partial charge in [-0.25, -0.2) is 11.5 Å². The third kappa shape index (κ3) is 4.89. The Kier molecular flexibility index (Phi) is 4.92. The average molecular weight is 249 g/mol. The van der Waals surface area contributed by atoms with Gasteiger partial charge in [0.1, 0.15) is 0 Å². The van der Waals surface area contributed by atoms with Crippen molar-refractivity contribution < 1.29 is 4.79 Å². The number of carbonyl (C=O) groups excluding carboxylic acids is 1. The first-order valence-electron chi connectivity index (χ1n) is 6.41. The van der Waals surface area contributed by atoms with Gasteiger partial charge in [-0.15, -0.1) is 0 Å². The number of hydrogen-bond acceptors (Lipinski definition) is 2. The summed E-state index contributed by atoms with van der Waals surface area (Å²) in [5.41, 5.74) is -0.206. The van der Waals surface area contributed by atoms with Crippen molar-refractivity contribution in [1.82, 2.24) is 10.2 Å². The van der Waals surface area contributed by atoms with Crippen LogP contribution in [0.5, 0.6) is 0 Å². The molecule has 1 fully saturated rings. The Balaban J connectivity index is 2.41. The lowest BCUT2D eigenvalue weighted by Gasteiger charge is -2.19. The van der Waals surface area contributed by atoms with E-state index >= 15 is 0 Å². The van der Waals surface area contributed by atoms with Crippen molar-refractivity contribution in [3.05, 3.63) is 23.6 Å². The van der Waals surface area contributed by atoms with Crippen LogP contribution in [-0.4, -0.2) is 35.6 Å². The molecule has 0 aliphatic carbocycles. The van der Waals surface area contributed by atoms with Crippen molar-refractivity contribution in [2.75, 3.05) is 13.1 Å². The normalized spacial score (nSPS) is 25.3. The Morgan fingerprint density at radius 2 is 2.22 bits per heavy atom. The first-order valence-corrected chi connectivity index (χ1v) is 6.41. The Hall–Kier alpha value is -1.34. The lowest BCUT2D eigenvalue weighted by molar-refractivity contribution is -0.117. The lowest BCUT2D eigenvalue weighted by Crippen LogP contribution is -2.39. The van der Waals surface area contributed by atoms with E-state index in [1.165, 1.54) is 0 Å². The van der Waals surface area contributed by atoms with Crippen LogP contribution in [-0.2, 0) is 4.79 Å². The number of likely N-dealkylation sites (tertiary alicyclic amines) is 1. The minimum atomic E-state index is -0.206. The van der Waals surface area contributed by atoms with E-state index in [2.05, 4.69) is 22.0 Å². The maximum atomic E-state index is 11.6. The van der Waals surface area contributed by atoms with Gasteiger partial charge in [-0.05, 0) is 26.7 Å². The summed E-state index contributed by atoms with van der Waals surface area (Å²) in [5, 5.41) is 2.87. The molecule has 1 aliphatic heterocycles. The molecule has 0 aromatic carbocycles. The molecule has 2 atom stereocenters. The molecule has 0 spiro atoms. The molecule has 0 radical (unpaired) electrons. The van der Waals surface area contributed by atoms with Crippen LogP contribution in [0.3, 0.4) is 0 Å². The molecular weight excluding hydrogens is 226 g/mol. The van der Waals surface area contributed by atoms with Gasteiger partial charge in [-0.2, -0.15) is 0 Å². The second-order valence-electron chi connectivity index (χ2n) is 6.05. The van der Waals surface area contributed by atoms with Crippen molar-refractivity contribution >= 4 is 5.91 Å². The van der Waals surface area contributed by atoms with E-state index in [1.54, 1.807) is 6.08 Å². The lowest BCUT2D eigenvalue weighted by atomic mass is 10.1. The van der Waals surface area contributed by atoms with Gasteiger partial charge in [0.2, 0.25) is 5.91 Å². The fourth-order valence-corrected chi connectivity index (χ4v) is 2.14. The monoisotopic (exact) mass is 249 g/mol. The van der Waals surface area contributed by atoms with Crippen molar-refractivity contribution in [2.45, 2.75) is 45.8 Å². The zero-order valence-electron chi connectivity index (χ0n) is 11.7. The van der Waals surface area contributed by atoms with Crippen molar-refractivity contribution in [2.24, 2.45) is 5.92 Å². The van der Waals surface area contributed by atoms with Crippen LogP contribution < -0.4 is 5.32 Å². The van der Waals surface area contributed by atoms with Gasteiger partial charge in [0.25, 0.3) is 6.17 Å². The topological polar surface area (TPSA) is 36.7 Å². The smallest absolute Gasteiger partial charge is 0.280 e. The molecule has 1 heterocycles. The van der Waals surface area contributed by atoms with Gasteiger partial charge in [0.15, 0.2) is 0 Å². The molecule has 1 amide bonds. The second-order valence-corrected chi connectivity index (χ2v) is 6.05. The highest BCUT2D eigenvalue weighted by atomic mass is 16.1. The largest absolute Gasteiger partial charge is 0.348 e. The fourth-order valence-electron chi connectivity index (χ4n) is 2.14. The van der Waals surface area contributed by atoms with Gasteiger partial charge in [0.05, 0.1) is 0 Å². The highest BCUT2D eigenvalue weighted by molar-refractivity contribution is 5.87. The predicted octanol–water partition coefficient (Wildman–Crippen LogP) is 2.04. The molecular formula is C14H23N3O. The molecule has 1 aliphatic rings. The Morgan fingerprint density at radius 1 is 1.56 bits per heavy atom. The Labute approximate surface area is 110 Å². The molecule has 100 valence electrons. The van der Waals surface area contributed by atoms with E-state index in [1.807, 2.05) is 26.8 Å². The molecule has 4 nitrogen and oxygen atoms in total. The van der Waals surface area contributed by atoms with Gasteiger partial charge in [0, 0.05) is 31.1 Å². The summed E-state index contributed by atoms with van der Waals surface area (Å²) in [6.07, 6.45) is 4.33. The van der Waals surface area contributed by atoms with Gasteiger partial charge in [-0.1, -0.05) is 13.0 Å². The molecule has 0 aromatic rings. The summed E-state index contributed by atoms with van der Waals surface area (Å²) in [7, 11) is 0. The van der Waals surface area contributed by atoms with E-state index in [4.69, 9.17) is 6.57 Å². The molecule has 1 saturated heterocycles. The van der Waals surface area contributed by atoms with E-state index in [9.17, 15) is 4.79 Å². The van der Waals surface area contributed by atoms with Gasteiger partial charge in [-0.3, -0.25) is 9.64 Å². The van der Waals surface area contributed by atoms with Crippen LogP contribution in [0.1, 0.15) is 34.1 Å². The highest BCUT2D eigenvalue weighted by Crippen LogP contribution is 2.23. The molecule has 0 bridgehead atoms. The second kappa shape index (κ2) is 6.01. The minimum absolute atomic E-state index is 0.0182. The SMILES string of the molecule is [C-]#[N+]C1CC(C)CN1C/C=C/C(=O)NC(C)(C)C. The highest BCUT2D eigenvalue weighted by Gasteiger charge is 2.32. The summed E-state index contributed by atoms with van der Waals surface area (Å²) in [6.45, 7) is 16.8. The van der Waals surface area contributed by atoms with Crippen LogP contribution in [0.25, 0.3) is 4.85 Å². The number of nitrogens with one attached hydrogen (secondary N) is 1. The zero-order chi connectivity index (χ0) is 13.8. The maximum absolute atomic E-state index is 11.6. The summed E-state index contributed by atoms with van der Waals surface area (Å²) >= 11 is 0. The van der Waals surface area contributed by atoms with Gasteiger partial charge >= 0.3 is 0 Å². The Morgan fingerprint density at radius 3 is 2.78 bits per heavy atom. The summed E-state index contributed by atoms with van der Waals surface area (Å²) in [5.74, 6) is 0.495. The molecule has 4 heteroatoms. The summed E-state index contributed by atoms with van der Waals surface area (Å²) in [6, 6.07) is 0. The number of rotatable bonds is 3. The minimum Gasteiger partial charge on any atom is -0.348 e. The third-order valence-corrected chi connectivity index (χ3v) is 2.84. The van der Waals surface area contributed by atoms with Crippen LogP contribution in [0.15, 0.2) is 12.2 Å². The van der Waals surface area contributed by atoms with Crippen molar-refractivity contribution in [1.29, 1.82) is 0 Å². The number of amides is 1. The third-order valence-electron chi connectivity index (χ3n) is 2.84. The van der Waals surface area contributed by atoms with E-state index in [-0.39, 0.29) is 17.6 Å². The molecule has 0 aromatic heterocycles. The molecule has 2 unspecified atom stereocenters. The van der Waals surface area contributed by atoms with Crippen LogP contribution >= 0.6 is 0 Å². The van der Waals surface area contributed by atoms with Crippen LogP contribution in [0.2, 0.25) is 0 Å².